The highest BCUT2D eigenvalue weighted by Crippen LogP contribution is 2.46. The van der Waals surface area contributed by atoms with Crippen molar-refractivity contribution in [1.82, 2.24) is 24.5 Å². The molecule has 1 aliphatic heterocycles. The molecular weight excluding hydrogens is 619 g/mol. The van der Waals surface area contributed by atoms with Crippen molar-refractivity contribution in [3.8, 4) is 0 Å². The summed E-state index contributed by atoms with van der Waals surface area (Å²) in [5.41, 5.74) is -2.57. The van der Waals surface area contributed by atoms with Gasteiger partial charge < -0.3 is 34.5 Å². The molecule has 2 aromatic rings. The van der Waals surface area contributed by atoms with Crippen LogP contribution >= 0.6 is 7.60 Å². The molecule has 1 amide bonds. The minimum atomic E-state index is -4.35. The summed E-state index contributed by atoms with van der Waals surface area (Å²) >= 11 is 0. The van der Waals surface area contributed by atoms with Crippen LogP contribution in [0.4, 0.5) is 5.82 Å². The summed E-state index contributed by atoms with van der Waals surface area (Å²) in [4.78, 5) is 39.9. The zero-order valence-corrected chi connectivity index (χ0v) is 27.3. The number of nitrogens with zero attached hydrogens (tertiary/aromatic N) is 5. The summed E-state index contributed by atoms with van der Waals surface area (Å²) in [5, 5.41) is 31.3. The van der Waals surface area contributed by atoms with Crippen LogP contribution in [0.15, 0.2) is 23.3 Å². The van der Waals surface area contributed by atoms with Crippen LogP contribution in [0, 0.1) is 10.8 Å². The lowest BCUT2D eigenvalue weighted by Gasteiger charge is -2.26. The summed E-state index contributed by atoms with van der Waals surface area (Å²) in [6, 6.07) is 1.39. The van der Waals surface area contributed by atoms with Crippen LogP contribution in [0.1, 0.15) is 54.7 Å². The highest BCUT2D eigenvalue weighted by Gasteiger charge is 2.46. The molecule has 2 aromatic heterocycles. The van der Waals surface area contributed by atoms with E-state index in [-0.39, 0.29) is 17.8 Å². The second-order valence-electron chi connectivity index (χ2n) is 12.3. The molecule has 3 rings (SSSR count). The molecule has 1 aliphatic rings. The van der Waals surface area contributed by atoms with Gasteiger partial charge in [-0.05, 0) is 26.8 Å². The van der Waals surface area contributed by atoms with Crippen molar-refractivity contribution in [3.05, 3.63) is 28.9 Å². The van der Waals surface area contributed by atoms with Crippen molar-refractivity contribution in [2.45, 2.75) is 85.8 Å². The maximum atomic E-state index is 13.8. The summed E-state index contributed by atoms with van der Waals surface area (Å²) in [6.07, 6.45) is -3.04. The van der Waals surface area contributed by atoms with Crippen molar-refractivity contribution >= 4 is 30.7 Å². The Hall–Kier alpha value is -3.09. The number of aliphatic hydroxyl groups excluding tert-OH is 2. The van der Waals surface area contributed by atoms with Gasteiger partial charge in [0.25, 0.3) is 0 Å². The Kier molecular flexibility index (Phi) is 11.8. The van der Waals surface area contributed by atoms with E-state index < -0.39 is 80.4 Å². The molecule has 252 valence electrons. The lowest BCUT2D eigenvalue weighted by Crippen LogP contribution is -2.37. The van der Waals surface area contributed by atoms with Crippen molar-refractivity contribution in [1.29, 1.82) is 0 Å². The molecule has 3 N–H and O–H groups in total. The van der Waals surface area contributed by atoms with Crippen molar-refractivity contribution in [2.24, 2.45) is 10.8 Å². The van der Waals surface area contributed by atoms with E-state index in [0.29, 0.717) is 0 Å². The number of carbonyl (C=O) groups is 2. The molecule has 45 heavy (non-hydrogen) atoms. The smallest absolute Gasteiger partial charge is 0.388 e. The first-order valence-electron chi connectivity index (χ1n) is 13.9. The third-order valence-electron chi connectivity index (χ3n) is 6.38. The quantitative estimate of drug-likeness (QED) is 0.151. The fraction of sp³-hybridized carbons (Fsp3) is 0.692. The lowest BCUT2D eigenvalue weighted by atomic mass is 9.96. The van der Waals surface area contributed by atoms with E-state index in [1.807, 2.05) is 0 Å². The van der Waals surface area contributed by atoms with E-state index >= 15 is 0 Å². The SMILES string of the molecule is COC1C(O)C(Cn2cc(P(=O)(OCOC(=O)C(C)(C)C)OCOC(O)C(C)(C)C)nn2)OC1n1ccc(NC(C)=O)nc1=O. The van der Waals surface area contributed by atoms with Gasteiger partial charge in [-0.25, -0.2) is 9.48 Å². The fourth-order valence-electron chi connectivity index (χ4n) is 3.84. The number of esters is 1. The molecular formula is C26H41N6O12P. The fourth-order valence-corrected chi connectivity index (χ4v) is 5.00. The van der Waals surface area contributed by atoms with E-state index in [4.69, 9.17) is 28.0 Å². The van der Waals surface area contributed by atoms with Gasteiger partial charge in [0.15, 0.2) is 24.7 Å². The first kappa shape index (κ1) is 36.4. The number of nitrogens with one attached hydrogen (secondary N) is 1. The number of rotatable bonds is 13. The molecule has 1 fully saturated rings. The Morgan fingerprint density at radius 2 is 1.84 bits per heavy atom. The average molecular weight is 661 g/mol. The molecule has 6 unspecified atom stereocenters. The zero-order chi connectivity index (χ0) is 33.7. The number of hydrogen-bond donors (Lipinski definition) is 3. The van der Waals surface area contributed by atoms with Crippen molar-refractivity contribution < 1.29 is 52.4 Å². The molecule has 19 heteroatoms. The molecule has 3 heterocycles. The monoisotopic (exact) mass is 660 g/mol. The van der Waals surface area contributed by atoms with E-state index in [0.717, 1.165) is 4.57 Å². The normalized spacial score (nSPS) is 22.5. The van der Waals surface area contributed by atoms with Gasteiger partial charge in [-0.2, -0.15) is 4.98 Å². The van der Waals surface area contributed by atoms with Gasteiger partial charge in [-0.3, -0.25) is 27.8 Å². The number of hydrogen-bond acceptors (Lipinski definition) is 15. The van der Waals surface area contributed by atoms with Crippen LogP contribution in [0.5, 0.6) is 0 Å². The number of anilines is 1. The Bertz CT molecular complexity index is 1430. The Morgan fingerprint density at radius 3 is 2.42 bits per heavy atom. The predicted molar refractivity (Wildman–Crippen MR) is 155 cm³/mol. The second-order valence-corrected chi connectivity index (χ2v) is 14.3. The largest absolute Gasteiger partial charge is 0.438 e. The molecule has 0 spiro atoms. The summed E-state index contributed by atoms with van der Waals surface area (Å²) in [7, 11) is -3.01. The Morgan fingerprint density at radius 1 is 1.18 bits per heavy atom. The molecule has 0 saturated carbocycles. The number of ether oxygens (including phenoxy) is 4. The van der Waals surface area contributed by atoms with Crippen LogP contribution in [0.25, 0.3) is 0 Å². The standard InChI is InChI=1S/C26H41N6O12P/c1-15(33)27-17-9-10-32(24(37)28-17)21-20(39-8)19(34)16(44-21)11-31-12-18(29-30-31)45(38,42-13-40-22(35)25(2,3)4)43-14-41-23(36)26(5,6)7/h9-10,12,16,19-22,34-35H,11,13-14H2,1-8H3,(H,27,28,33,37). The molecule has 1 saturated heterocycles. The first-order chi connectivity index (χ1) is 20.9. The van der Waals surface area contributed by atoms with E-state index in [1.54, 1.807) is 41.5 Å². The van der Waals surface area contributed by atoms with Gasteiger partial charge in [0.05, 0.1) is 18.2 Å². The lowest BCUT2D eigenvalue weighted by molar-refractivity contribution is -0.192. The highest BCUT2D eigenvalue weighted by molar-refractivity contribution is 7.61. The number of aliphatic hydroxyl groups is 2. The molecule has 18 nitrogen and oxygen atoms in total. The highest BCUT2D eigenvalue weighted by atomic mass is 31.2. The van der Waals surface area contributed by atoms with E-state index in [1.165, 1.54) is 37.2 Å². The summed E-state index contributed by atoms with van der Waals surface area (Å²) in [5.74, 6) is -0.982. The number of methoxy groups -OCH3 is 1. The van der Waals surface area contributed by atoms with Crippen LogP contribution < -0.4 is 16.4 Å². The average Bonchev–Trinajstić information content (AvgIpc) is 3.52. The third-order valence-corrected chi connectivity index (χ3v) is 8.04. The number of carbonyl (C=O) groups excluding carboxylic acids is 2. The number of amides is 1. The zero-order valence-electron chi connectivity index (χ0n) is 26.4. The Balaban J connectivity index is 1.77. The first-order valence-corrected chi connectivity index (χ1v) is 15.4. The Labute approximate surface area is 259 Å². The molecule has 6 atom stereocenters. The minimum absolute atomic E-state index is 0.0447. The maximum Gasteiger partial charge on any atom is 0.388 e. The van der Waals surface area contributed by atoms with Crippen LogP contribution in [0.3, 0.4) is 0 Å². The molecule has 0 aromatic carbocycles. The van der Waals surface area contributed by atoms with Gasteiger partial charge >= 0.3 is 19.3 Å². The summed E-state index contributed by atoms with van der Waals surface area (Å²) in [6.45, 7) is 9.77. The second kappa shape index (κ2) is 14.6. The van der Waals surface area contributed by atoms with Gasteiger partial charge in [0, 0.05) is 25.6 Å². The van der Waals surface area contributed by atoms with E-state index in [2.05, 4.69) is 20.6 Å². The third kappa shape index (κ3) is 9.46. The molecule has 0 bridgehead atoms. The topological polar surface area (TPSA) is 225 Å². The van der Waals surface area contributed by atoms with Gasteiger partial charge in [0.1, 0.15) is 24.1 Å². The van der Waals surface area contributed by atoms with Gasteiger partial charge in [0.2, 0.25) is 12.7 Å². The van der Waals surface area contributed by atoms with Crippen molar-refractivity contribution in [2.75, 3.05) is 26.0 Å². The summed E-state index contributed by atoms with van der Waals surface area (Å²) < 4.78 is 48.5. The maximum absolute atomic E-state index is 13.8. The van der Waals surface area contributed by atoms with Crippen LogP contribution in [-0.4, -0.2) is 91.9 Å². The van der Waals surface area contributed by atoms with Gasteiger partial charge in [-0.1, -0.05) is 26.0 Å². The van der Waals surface area contributed by atoms with Crippen molar-refractivity contribution in [3.63, 3.8) is 0 Å². The van der Waals surface area contributed by atoms with Crippen LogP contribution in [-0.2, 0) is 48.7 Å². The number of aromatic nitrogens is 5. The van der Waals surface area contributed by atoms with E-state index in [9.17, 15) is 29.2 Å². The molecule has 0 radical (unpaired) electrons. The molecule has 0 aliphatic carbocycles. The van der Waals surface area contributed by atoms with Gasteiger partial charge in [-0.15, -0.1) is 5.10 Å². The predicted octanol–water partition coefficient (Wildman–Crippen LogP) is 0.504. The van der Waals surface area contributed by atoms with Crippen LogP contribution in [0.2, 0.25) is 0 Å². The minimum Gasteiger partial charge on any atom is -0.438 e.